The summed E-state index contributed by atoms with van der Waals surface area (Å²) >= 11 is 0. The fourth-order valence-electron chi connectivity index (χ4n) is 2.40. The third-order valence-corrected chi connectivity index (χ3v) is 3.54. The molecule has 0 N–H and O–H groups in total. The molecule has 0 fully saturated rings. The van der Waals surface area contributed by atoms with Crippen molar-refractivity contribution in [1.29, 1.82) is 0 Å². The molecule has 2 rings (SSSR count). The number of rotatable bonds is 6. The Kier molecular flexibility index (Phi) is 5.64. The van der Waals surface area contributed by atoms with E-state index in [9.17, 15) is 18.0 Å². The molecule has 0 aliphatic carbocycles. The summed E-state index contributed by atoms with van der Waals surface area (Å²) < 4.78 is 44.5. The molecule has 4 nitrogen and oxygen atoms in total. The van der Waals surface area contributed by atoms with Gasteiger partial charge in [0.05, 0.1) is 30.6 Å². The van der Waals surface area contributed by atoms with E-state index in [1.807, 2.05) is 6.92 Å². The molecule has 130 valence electrons. The van der Waals surface area contributed by atoms with Gasteiger partial charge in [-0.2, -0.15) is 18.3 Å². The lowest BCUT2D eigenvalue weighted by Gasteiger charge is -2.10. The van der Waals surface area contributed by atoms with Crippen LogP contribution in [0.2, 0.25) is 0 Å². The largest absolute Gasteiger partial charge is 0.462 e. The van der Waals surface area contributed by atoms with Crippen molar-refractivity contribution in [3.8, 4) is 0 Å². The number of hydrogen-bond acceptors (Lipinski definition) is 3. The van der Waals surface area contributed by atoms with Gasteiger partial charge in [-0.05, 0) is 31.0 Å². The van der Waals surface area contributed by atoms with Crippen LogP contribution in [0.5, 0.6) is 0 Å². The molecule has 0 radical (unpaired) electrons. The summed E-state index contributed by atoms with van der Waals surface area (Å²) in [5.74, 6) is -0.431. The first-order valence-electron chi connectivity index (χ1n) is 7.74. The molecule has 1 aromatic carbocycles. The van der Waals surface area contributed by atoms with Crippen LogP contribution < -0.4 is 0 Å². The number of ether oxygens (including phenoxy) is 1. The summed E-state index contributed by atoms with van der Waals surface area (Å²) in [5.41, 5.74) is 1.13. The van der Waals surface area contributed by atoms with Crippen molar-refractivity contribution in [2.45, 2.75) is 39.4 Å². The minimum absolute atomic E-state index is 0.272. The van der Waals surface area contributed by atoms with E-state index in [4.69, 9.17) is 4.74 Å². The van der Waals surface area contributed by atoms with Gasteiger partial charge in [0.1, 0.15) is 5.56 Å². The highest BCUT2D eigenvalue weighted by molar-refractivity contribution is 5.90. The SMILES string of the molecule is CCCc1c(C(=O)OCC)cnn1Cc1ccc(C(F)(F)F)cc1. The van der Waals surface area contributed by atoms with Gasteiger partial charge >= 0.3 is 12.1 Å². The normalized spacial score (nSPS) is 11.5. The van der Waals surface area contributed by atoms with Gasteiger partial charge in [0.2, 0.25) is 0 Å². The van der Waals surface area contributed by atoms with Crippen LogP contribution in [-0.2, 0) is 23.9 Å². The van der Waals surface area contributed by atoms with E-state index in [0.29, 0.717) is 24.1 Å². The zero-order valence-electron chi connectivity index (χ0n) is 13.6. The van der Waals surface area contributed by atoms with Crippen molar-refractivity contribution >= 4 is 5.97 Å². The van der Waals surface area contributed by atoms with Crippen molar-refractivity contribution in [3.05, 3.63) is 52.8 Å². The van der Waals surface area contributed by atoms with Crippen molar-refractivity contribution in [1.82, 2.24) is 9.78 Å². The molecule has 24 heavy (non-hydrogen) atoms. The second kappa shape index (κ2) is 7.51. The van der Waals surface area contributed by atoms with E-state index in [1.54, 1.807) is 11.6 Å². The van der Waals surface area contributed by atoms with Gasteiger partial charge in [-0.25, -0.2) is 4.79 Å². The number of carbonyl (C=O) groups is 1. The number of alkyl halides is 3. The molecule has 0 saturated carbocycles. The summed E-state index contributed by atoms with van der Waals surface area (Å²) in [4.78, 5) is 12.0. The maximum absolute atomic E-state index is 12.6. The highest BCUT2D eigenvalue weighted by atomic mass is 19.4. The van der Waals surface area contributed by atoms with E-state index >= 15 is 0 Å². The van der Waals surface area contributed by atoms with Gasteiger partial charge in [0, 0.05) is 0 Å². The zero-order valence-corrected chi connectivity index (χ0v) is 13.6. The third kappa shape index (κ3) is 4.15. The fourth-order valence-corrected chi connectivity index (χ4v) is 2.40. The predicted molar refractivity (Wildman–Crippen MR) is 82.7 cm³/mol. The summed E-state index contributed by atoms with van der Waals surface area (Å²) in [6.45, 7) is 4.27. The van der Waals surface area contributed by atoms with E-state index in [1.165, 1.54) is 18.3 Å². The van der Waals surface area contributed by atoms with Gasteiger partial charge < -0.3 is 4.74 Å². The number of benzene rings is 1. The molecule has 0 amide bonds. The molecule has 1 aromatic heterocycles. The number of esters is 1. The third-order valence-electron chi connectivity index (χ3n) is 3.54. The lowest BCUT2D eigenvalue weighted by Crippen LogP contribution is -2.11. The van der Waals surface area contributed by atoms with E-state index in [0.717, 1.165) is 24.2 Å². The number of carbonyl (C=O) groups excluding carboxylic acids is 1. The van der Waals surface area contributed by atoms with Crippen molar-refractivity contribution in [3.63, 3.8) is 0 Å². The first-order chi connectivity index (χ1) is 11.4. The van der Waals surface area contributed by atoms with Crippen molar-refractivity contribution < 1.29 is 22.7 Å². The van der Waals surface area contributed by atoms with Gasteiger partial charge in [0.25, 0.3) is 0 Å². The monoisotopic (exact) mass is 340 g/mol. The highest BCUT2D eigenvalue weighted by Crippen LogP contribution is 2.29. The Labute approximate surface area is 138 Å². The lowest BCUT2D eigenvalue weighted by atomic mass is 10.1. The van der Waals surface area contributed by atoms with Gasteiger partial charge in [-0.1, -0.05) is 25.5 Å². The van der Waals surface area contributed by atoms with Gasteiger partial charge in [-0.15, -0.1) is 0 Å². The minimum atomic E-state index is -4.35. The maximum Gasteiger partial charge on any atom is 0.416 e. The van der Waals surface area contributed by atoms with Crippen LogP contribution in [0.1, 0.15) is 47.4 Å². The summed E-state index contributed by atoms with van der Waals surface area (Å²) in [7, 11) is 0. The Morgan fingerprint density at radius 3 is 2.42 bits per heavy atom. The Bertz CT molecular complexity index is 691. The molecule has 0 spiro atoms. The molecule has 0 atom stereocenters. The van der Waals surface area contributed by atoms with Crippen LogP contribution in [0.25, 0.3) is 0 Å². The Morgan fingerprint density at radius 2 is 1.88 bits per heavy atom. The van der Waals surface area contributed by atoms with Crippen LogP contribution in [-0.4, -0.2) is 22.4 Å². The standard InChI is InChI=1S/C17H19F3N2O2/c1-3-5-15-14(16(23)24-4-2)10-21-22(15)11-12-6-8-13(9-7-12)17(18,19)20/h6-10H,3-5,11H2,1-2H3. The van der Waals surface area contributed by atoms with Crippen molar-refractivity contribution in [2.75, 3.05) is 6.61 Å². The first kappa shape index (κ1) is 18.0. The molecular weight excluding hydrogens is 321 g/mol. The molecule has 2 aromatic rings. The van der Waals surface area contributed by atoms with Gasteiger partial charge in [0.15, 0.2) is 0 Å². The van der Waals surface area contributed by atoms with E-state index in [-0.39, 0.29) is 6.61 Å². The average Bonchev–Trinajstić information content (AvgIpc) is 2.90. The molecule has 1 heterocycles. The Morgan fingerprint density at radius 1 is 1.21 bits per heavy atom. The highest BCUT2D eigenvalue weighted by Gasteiger charge is 2.30. The quantitative estimate of drug-likeness (QED) is 0.744. The Balaban J connectivity index is 2.24. The lowest BCUT2D eigenvalue weighted by molar-refractivity contribution is -0.137. The number of aromatic nitrogens is 2. The topological polar surface area (TPSA) is 44.1 Å². The molecule has 7 heteroatoms. The Hall–Kier alpha value is -2.31. The van der Waals surface area contributed by atoms with Crippen LogP contribution in [0, 0.1) is 0 Å². The first-order valence-corrected chi connectivity index (χ1v) is 7.74. The van der Waals surface area contributed by atoms with Gasteiger partial charge in [-0.3, -0.25) is 4.68 Å². The molecule has 0 bridgehead atoms. The minimum Gasteiger partial charge on any atom is -0.462 e. The average molecular weight is 340 g/mol. The summed E-state index contributed by atoms with van der Waals surface area (Å²) in [6.07, 6.45) is -1.46. The number of nitrogens with zero attached hydrogens (tertiary/aromatic N) is 2. The van der Waals surface area contributed by atoms with Crippen LogP contribution >= 0.6 is 0 Å². The van der Waals surface area contributed by atoms with Crippen LogP contribution in [0.15, 0.2) is 30.5 Å². The van der Waals surface area contributed by atoms with E-state index < -0.39 is 17.7 Å². The second-order valence-electron chi connectivity index (χ2n) is 5.33. The summed E-state index contributed by atoms with van der Waals surface area (Å²) in [6, 6.07) is 4.93. The van der Waals surface area contributed by atoms with Crippen LogP contribution in [0.4, 0.5) is 13.2 Å². The smallest absolute Gasteiger partial charge is 0.416 e. The molecule has 0 aliphatic heterocycles. The number of halogens is 3. The molecular formula is C17H19F3N2O2. The predicted octanol–water partition coefficient (Wildman–Crippen LogP) is 4.08. The van der Waals surface area contributed by atoms with Crippen molar-refractivity contribution in [2.24, 2.45) is 0 Å². The second-order valence-corrected chi connectivity index (χ2v) is 5.33. The fraction of sp³-hybridized carbons (Fsp3) is 0.412. The zero-order chi connectivity index (χ0) is 17.7. The van der Waals surface area contributed by atoms with E-state index in [2.05, 4.69) is 5.10 Å². The maximum atomic E-state index is 12.6. The molecule has 0 unspecified atom stereocenters. The summed E-state index contributed by atoms with van der Waals surface area (Å²) in [5, 5.41) is 4.20. The molecule has 0 saturated heterocycles. The van der Waals surface area contributed by atoms with Crippen LogP contribution in [0.3, 0.4) is 0 Å². The molecule has 0 aliphatic rings. The number of hydrogen-bond donors (Lipinski definition) is 0.